The minimum atomic E-state index is -4.72. The van der Waals surface area contributed by atoms with Gasteiger partial charge in [-0.25, -0.2) is 18.6 Å². The number of pyridine rings is 1. The lowest BCUT2D eigenvalue weighted by atomic mass is 10.1. The average molecular weight is 562 g/mol. The van der Waals surface area contributed by atoms with Crippen LogP contribution in [0.3, 0.4) is 0 Å². The molecule has 0 saturated carbocycles. The Hall–Kier alpha value is -3.03. The molecule has 3 amide bonds. The summed E-state index contributed by atoms with van der Waals surface area (Å²) in [6.45, 7) is 4.17. The highest BCUT2D eigenvalue weighted by Gasteiger charge is 2.45. The van der Waals surface area contributed by atoms with E-state index in [2.05, 4.69) is 9.88 Å². The number of aromatic nitrogens is 1. The zero-order valence-corrected chi connectivity index (χ0v) is 21.3. The summed E-state index contributed by atoms with van der Waals surface area (Å²) in [4.78, 5) is 36.3. The summed E-state index contributed by atoms with van der Waals surface area (Å²) in [5, 5.41) is -0.816. The van der Waals surface area contributed by atoms with E-state index in [-0.39, 0.29) is 30.3 Å². The van der Waals surface area contributed by atoms with E-state index in [4.69, 9.17) is 16.3 Å². The van der Waals surface area contributed by atoms with Gasteiger partial charge in [0.05, 0.1) is 31.0 Å². The highest BCUT2D eigenvalue weighted by Crippen LogP contribution is 2.34. The molecule has 206 valence electrons. The van der Waals surface area contributed by atoms with Gasteiger partial charge in [-0.05, 0) is 31.2 Å². The number of rotatable bonds is 6. The van der Waals surface area contributed by atoms with Crippen LogP contribution in [0.5, 0.6) is 0 Å². The summed E-state index contributed by atoms with van der Waals surface area (Å²) in [6.07, 6.45) is -4.72. The molecule has 2 fully saturated rings. The van der Waals surface area contributed by atoms with Crippen molar-refractivity contribution in [1.29, 1.82) is 0 Å². The lowest BCUT2D eigenvalue weighted by molar-refractivity contribution is -0.137. The fourth-order valence-electron chi connectivity index (χ4n) is 4.43. The van der Waals surface area contributed by atoms with Gasteiger partial charge in [-0.15, -0.1) is 0 Å². The standard InChI is InChI=1S/C24H25ClF5N5O3/c1-14-11-15(24(28,29)30)12-19(31-14)35-18(13-34(23(35)37)6-5-33-7-9-38-10-8-33)22(36)32(2)17-4-3-16(26)20(25)21(17)27/h3-4,11-12,18H,5-10,13H2,1-2H3. The summed E-state index contributed by atoms with van der Waals surface area (Å²) >= 11 is 5.66. The van der Waals surface area contributed by atoms with Gasteiger partial charge in [-0.1, -0.05) is 11.6 Å². The lowest BCUT2D eigenvalue weighted by Crippen LogP contribution is -2.47. The Morgan fingerprint density at radius 1 is 1.18 bits per heavy atom. The first kappa shape index (κ1) is 28.0. The van der Waals surface area contributed by atoms with Crippen LogP contribution in [0.1, 0.15) is 11.3 Å². The number of hydrogen-bond donors (Lipinski definition) is 0. The van der Waals surface area contributed by atoms with Crippen molar-refractivity contribution in [2.45, 2.75) is 19.1 Å². The molecule has 4 rings (SSSR count). The van der Waals surface area contributed by atoms with E-state index in [0.29, 0.717) is 38.9 Å². The number of alkyl halides is 3. The molecule has 0 radical (unpaired) electrons. The molecule has 1 aromatic carbocycles. The van der Waals surface area contributed by atoms with Crippen molar-refractivity contribution in [2.75, 3.05) is 62.8 Å². The second kappa shape index (κ2) is 11.0. The second-order valence-corrected chi connectivity index (χ2v) is 9.39. The molecule has 2 aliphatic rings. The van der Waals surface area contributed by atoms with E-state index >= 15 is 0 Å². The average Bonchev–Trinajstić information content (AvgIpc) is 3.21. The van der Waals surface area contributed by atoms with Crippen molar-refractivity contribution >= 4 is 35.0 Å². The monoisotopic (exact) mass is 561 g/mol. The minimum Gasteiger partial charge on any atom is -0.379 e. The molecule has 38 heavy (non-hydrogen) atoms. The fraction of sp³-hybridized carbons (Fsp3) is 0.458. The molecular formula is C24H25ClF5N5O3. The van der Waals surface area contributed by atoms with Gasteiger partial charge in [0, 0.05) is 38.9 Å². The topological polar surface area (TPSA) is 69.2 Å². The van der Waals surface area contributed by atoms with E-state index in [1.807, 2.05) is 0 Å². The molecule has 1 unspecified atom stereocenters. The Balaban J connectivity index is 1.68. The number of ether oxygens (including phenoxy) is 1. The Morgan fingerprint density at radius 2 is 1.87 bits per heavy atom. The second-order valence-electron chi connectivity index (χ2n) is 9.01. The number of halogens is 6. The summed E-state index contributed by atoms with van der Waals surface area (Å²) in [7, 11) is 1.21. The van der Waals surface area contributed by atoms with Crippen LogP contribution in [0.25, 0.3) is 0 Å². The van der Waals surface area contributed by atoms with Gasteiger partial charge in [0.2, 0.25) is 0 Å². The molecule has 8 nitrogen and oxygen atoms in total. The maximum absolute atomic E-state index is 14.7. The number of carbonyl (C=O) groups excluding carboxylic acids is 2. The summed E-state index contributed by atoms with van der Waals surface area (Å²) in [6, 6.07) is 1.38. The van der Waals surface area contributed by atoms with Gasteiger partial charge in [0.25, 0.3) is 5.91 Å². The van der Waals surface area contributed by atoms with Gasteiger partial charge >= 0.3 is 12.2 Å². The fourth-order valence-corrected chi connectivity index (χ4v) is 4.59. The SMILES string of the molecule is Cc1cc(C(F)(F)F)cc(N2C(=O)N(CCN3CCOCC3)CC2C(=O)N(C)c2ccc(F)c(Cl)c2F)n1. The van der Waals surface area contributed by atoms with Crippen molar-refractivity contribution in [3.63, 3.8) is 0 Å². The Bertz CT molecular complexity index is 1220. The molecule has 0 bridgehead atoms. The Kier molecular flexibility index (Phi) is 8.09. The summed E-state index contributed by atoms with van der Waals surface area (Å²) in [5.41, 5.74) is -1.39. The van der Waals surface area contributed by atoms with Crippen LogP contribution in [-0.4, -0.2) is 85.7 Å². The number of anilines is 2. The first-order chi connectivity index (χ1) is 17.9. The molecule has 1 atom stereocenters. The van der Waals surface area contributed by atoms with Gasteiger partial charge < -0.3 is 14.5 Å². The predicted molar refractivity (Wildman–Crippen MR) is 129 cm³/mol. The third kappa shape index (κ3) is 5.69. The molecule has 0 spiro atoms. The molecular weight excluding hydrogens is 537 g/mol. The quantitative estimate of drug-likeness (QED) is 0.395. The highest BCUT2D eigenvalue weighted by atomic mass is 35.5. The lowest BCUT2D eigenvalue weighted by Gasteiger charge is -2.28. The van der Waals surface area contributed by atoms with Crippen molar-refractivity contribution in [2.24, 2.45) is 0 Å². The Morgan fingerprint density at radius 3 is 2.53 bits per heavy atom. The summed E-state index contributed by atoms with van der Waals surface area (Å²) in [5.74, 6) is -3.38. The molecule has 3 heterocycles. The van der Waals surface area contributed by atoms with E-state index < -0.39 is 46.4 Å². The third-order valence-electron chi connectivity index (χ3n) is 6.48. The van der Waals surface area contributed by atoms with E-state index in [1.54, 1.807) is 0 Å². The molecule has 2 aliphatic heterocycles. The number of likely N-dealkylation sites (N-methyl/N-ethyl adjacent to an activating group) is 1. The molecule has 2 aromatic rings. The number of hydrogen-bond acceptors (Lipinski definition) is 5. The maximum atomic E-state index is 14.7. The third-order valence-corrected chi connectivity index (χ3v) is 6.82. The van der Waals surface area contributed by atoms with Crippen LogP contribution in [0.15, 0.2) is 24.3 Å². The van der Waals surface area contributed by atoms with Crippen molar-refractivity contribution in [1.82, 2.24) is 14.8 Å². The first-order valence-electron chi connectivity index (χ1n) is 11.7. The van der Waals surface area contributed by atoms with Crippen molar-refractivity contribution in [3.05, 3.63) is 52.2 Å². The number of aryl methyl sites for hydroxylation is 1. The van der Waals surface area contributed by atoms with Crippen LogP contribution < -0.4 is 9.80 Å². The van der Waals surface area contributed by atoms with E-state index in [0.717, 1.165) is 28.0 Å². The van der Waals surface area contributed by atoms with E-state index in [1.165, 1.54) is 18.9 Å². The molecule has 0 N–H and O–H groups in total. The maximum Gasteiger partial charge on any atom is 0.416 e. The van der Waals surface area contributed by atoms with Crippen LogP contribution in [0.2, 0.25) is 5.02 Å². The zero-order chi connectivity index (χ0) is 27.8. The number of morpholine rings is 1. The van der Waals surface area contributed by atoms with Gasteiger partial charge in [-0.3, -0.25) is 14.6 Å². The number of carbonyl (C=O) groups is 2. The molecule has 1 aromatic heterocycles. The van der Waals surface area contributed by atoms with Gasteiger partial charge in [0.1, 0.15) is 22.7 Å². The van der Waals surface area contributed by atoms with Crippen LogP contribution in [0.4, 0.5) is 38.3 Å². The predicted octanol–water partition coefficient (Wildman–Crippen LogP) is 3.95. The molecule has 0 aliphatic carbocycles. The number of benzene rings is 1. The van der Waals surface area contributed by atoms with Crippen LogP contribution in [0, 0.1) is 18.6 Å². The van der Waals surface area contributed by atoms with Gasteiger partial charge in [0.15, 0.2) is 5.82 Å². The largest absolute Gasteiger partial charge is 0.416 e. The van der Waals surface area contributed by atoms with Crippen LogP contribution in [-0.2, 0) is 15.7 Å². The van der Waals surface area contributed by atoms with E-state index in [9.17, 15) is 31.5 Å². The summed E-state index contributed by atoms with van der Waals surface area (Å²) < 4.78 is 74.3. The number of urea groups is 1. The highest BCUT2D eigenvalue weighted by molar-refractivity contribution is 6.31. The molecule has 2 saturated heterocycles. The van der Waals surface area contributed by atoms with Crippen LogP contribution >= 0.6 is 11.6 Å². The number of amides is 3. The van der Waals surface area contributed by atoms with Crippen molar-refractivity contribution < 1.29 is 36.3 Å². The number of nitrogens with zero attached hydrogens (tertiary/aromatic N) is 5. The zero-order valence-electron chi connectivity index (χ0n) is 20.6. The normalized spacial score (nSPS) is 18.8. The van der Waals surface area contributed by atoms with Gasteiger partial charge in [-0.2, -0.15) is 13.2 Å². The van der Waals surface area contributed by atoms with Crippen molar-refractivity contribution in [3.8, 4) is 0 Å². The smallest absolute Gasteiger partial charge is 0.379 e. The first-order valence-corrected chi connectivity index (χ1v) is 12.1. The minimum absolute atomic E-state index is 0.00898. The Labute approximate surface area is 220 Å². The molecule has 14 heteroatoms.